The molecular weight excluding hydrogens is 255 g/mol. The van der Waals surface area contributed by atoms with Gasteiger partial charge in [0.25, 0.3) is 5.91 Å². The number of carbonyl (C=O) groups is 1. The van der Waals surface area contributed by atoms with E-state index in [1.54, 1.807) is 12.1 Å². The first-order valence-electron chi connectivity index (χ1n) is 6.66. The van der Waals surface area contributed by atoms with Crippen molar-refractivity contribution in [1.82, 2.24) is 10.2 Å². The minimum Gasteiger partial charge on any atom is -0.311 e. The smallest absolute Gasteiger partial charge is 0.256 e. The van der Waals surface area contributed by atoms with Crippen LogP contribution in [-0.4, -0.2) is 23.9 Å². The Morgan fingerprint density at radius 3 is 2.65 bits per heavy atom. The normalized spacial score (nSPS) is 23.9. The highest BCUT2D eigenvalue weighted by molar-refractivity contribution is 6.01. The number of hydrogen-bond donors (Lipinski definition) is 1. The molecule has 0 radical (unpaired) electrons. The van der Waals surface area contributed by atoms with E-state index in [2.05, 4.69) is 5.32 Å². The number of hydrogen-bond acceptors (Lipinski definition) is 2. The summed E-state index contributed by atoms with van der Waals surface area (Å²) in [6.07, 6.45) is 0. The Bertz CT molecular complexity index is 698. The van der Waals surface area contributed by atoms with Gasteiger partial charge in [-0.1, -0.05) is 30.3 Å². The predicted octanol–water partition coefficient (Wildman–Crippen LogP) is 2.09. The molecule has 2 aromatic carbocycles. The zero-order chi connectivity index (χ0) is 13.7. The first-order valence-corrected chi connectivity index (χ1v) is 6.66. The van der Waals surface area contributed by atoms with Crippen LogP contribution in [0.2, 0.25) is 0 Å². The molecule has 1 atom stereocenters. The third-order valence-electron chi connectivity index (χ3n) is 4.18. The summed E-state index contributed by atoms with van der Waals surface area (Å²) in [7, 11) is 0. The van der Waals surface area contributed by atoms with Crippen LogP contribution in [0.5, 0.6) is 0 Å². The summed E-state index contributed by atoms with van der Waals surface area (Å²) < 4.78 is 13.2. The standard InChI is InChI=1S/C16H13FN2O/c17-12-7-5-11(6-8-12)16-14-4-2-1-3-13(14)15(20)19(16)10-9-18-16/h1-8,18H,9-10H2/t16-/m1/s1. The van der Waals surface area contributed by atoms with E-state index in [9.17, 15) is 9.18 Å². The fraction of sp³-hybridized carbons (Fsp3) is 0.188. The van der Waals surface area contributed by atoms with Crippen molar-refractivity contribution in [1.29, 1.82) is 0 Å². The Morgan fingerprint density at radius 2 is 1.85 bits per heavy atom. The van der Waals surface area contributed by atoms with Crippen LogP contribution < -0.4 is 5.32 Å². The lowest BCUT2D eigenvalue weighted by atomic mass is 9.91. The van der Waals surface area contributed by atoms with E-state index in [0.717, 1.165) is 23.2 Å². The summed E-state index contributed by atoms with van der Waals surface area (Å²) in [6.45, 7) is 1.39. The van der Waals surface area contributed by atoms with E-state index in [0.29, 0.717) is 6.54 Å². The van der Waals surface area contributed by atoms with Crippen LogP contribution in [0.1, 0.15) is 21.5 Å². The molecule has 1 saturated heterocycles. The molecule has 4 rings (SSSR count). The zero-order valence-electron chi connectivity index (χ0n) is 10.8. The van der Waals surface area contributed by atoms with Gasteiger partial charge in [0.2, 0.25) is 0 Å². The van der Waals surface area contributed by atoms with Crippen molar-refractivity contribution >= 4 is 5.91 Å². The molecule has 20 heavy (non-hydrogen) atoms. The number of halogens is 1. The summed E-state index contributed by atoms with van der Waals surface area (Å²) in [5.41, 5.74) is 1.94. The Morgan fingerprint density at radius 1 is 1.10 bits per heavy atom. The first-order chi connectivity index (χ1) is 9.73. The van der Waals surface area contributed by atoms with Crippen LogP contribution >= 0.6 is 0 Å². The van der Waals surface area contributed by atoms with Gasteiger partial charge in [0.05, 0.1) is 0 Å². The Hall–Kier alpha value is -2.20. The van der Waals surface area contributed by atoms with Gasteiger partial charge < -0.3 is 4.90 Å². The van der Waals surface area contributed by atoms with Gasteiger partial charge in [0.1, 0.15) is 11.5 Å². The molecule has 0 bridgehead atoms. The van der Waals surface area contributed by atoms with Crippen LogP contribution in [-0.2, 0) is 5.66 Å². The second-order valence-corrected chi connectivity index (χ2v) is 5.15. The minimum absolute atomic E-state index is 0.0370. The second kappa shape index (κ2) is 3.90. The SMILES string of the molecule is O=C1c2ccccc2[C@]2(c3ccc(F)cc3)NCCN12. The van der Waals surface area contributed by atoms with Gasteiger partial charge in [-0.3, -0.25) is 10.1 Å². The van der Waals surface area contributed by atoms with Crippen molar-refractivity contribution in [2.45, 2.75) is 5.66 Å². The Labute approximate surface area is 116 Å². The third kappa shape index (κ3) is 1.29. The van der Waals surface area contributed by atoms with Gasteiger partial charge in [-0.15, -0.1) is 0 Å². The predicted molar refractivity (Wildman–Crippen MR) is 72.7 cm³/mol. The lowest BCUT2D eigenvalue weighted by molar-refractivity contribution is 0.0694. The van der Waals surface area contributed by atoms with Gasteiger partial charge >= 0.3 is 0 Å². The highest BCUT2D eigenvalue weighted by atomic mass is 19.1. The van der Waals surface area contributed by atoms with Crippen LogP contribution in [0, 0.1) is 5.82 Å². The molecule has 0 spiro atoms. The van der Waals surface area contributed by atoms with Gasteiger partial charge in [-0.05, 0) is 23.8 Å². The van der Waals surface area contributed by atoms with E-state index in [4.69, 9.17) is 0 Å². The molecule has 0 saturated carbocycles. The molecule has 100 valence electrons. The molecule has 1 fully saturated rings. The molecule has 4 heteroatoms. The average Bonchev–Trinajstić information content (AvgIpc) is 3.01. The Kier molecular flexibility index (Phi) is 2.26. The maximum absolute atomic E-state index is 13.2. The largest absolute Gasteiger partial charge is 0.311 e. The zero-order valence-corrected chi connectivity index (χ0v) is 10.8. The van der Waals surface area contributed by atoms with E-state index < -0.39 is 5.66 Å². The van der Waals surface area contributed by atoms with Crippen molar-refractivity contribution in [3.8, 4) is 0 Å². The van der Waals surface area contributed by atoms with E-state index in [1.165, 1.54) is 12.1 Å². The van der Waals surface area contributed by atoms with Gasteiger partial charge in [-0.2, -0.15) is 0 Å². The van der Waals surface area contributed by atoms with Crippen LogP contribution in [0.3, 0.4) is 0 Å². The van der Waals surface area contributed by atoms with E-state index >= 15 is 0 Å². The lowest BCUT2D eigenvalue weighted by Gasteiger charge is -2.33. The highest BCUT2D eigenvalue weighted by Gasteiger charge is 2.53. The lowest BCUT2D eigenvalue weighted by Crippen LogP contribution is -2.46. The van der Waals surface area contributed by atoms with E-state index in [-0.39, 0.29) is 11.7 Å². The number of rotatable bonds is 1. The van der Waals surface area contributed by atoms with Crippen molar-refractivity contribution in [2.24, 2.45) is 0 Å². The molecule has 1 N–H and O–H groups in total. The van der Waals surface area contributed by atoms with Crippen LogP contribution in [0.25, 0.3) is 0 Å². The van der Waals surface area contributed by atoms with Crippen molar-refractivity contribution < 1.29 is 9.18 Å². The van der Waals surface area contributed by atoms with Crippen molar-refractivity contribution in [2.75, 3.05) is 13.1 Å². The summed E-state index contributed by atoms with van der Waals surface area (Å²) in [4.78, 5) is 14.4. The van der Waals surface area contributed by atoms with E-state index in [1.807, 2.05) is 29.2 Å². The highest BCUT2D eigenvalue weighted by Crippen LogP contribution is 2.44. The van der Waals surface area contributed by atoms with Gasteiger partial charge in [0, 0.05) is 24.2 Å². The summed E-state index contributed by atoms with van der Waals surface area (Å²) in [5, 5.41) is 3.44. The fourth-order valence-corrected chi connectivity index (χ4v) is 3.34. The summed E-state index contributed by atoms with van der Waals surface area (Å²) in [6, 6.07) is 14.0. The molecule has 2 aliphatic heterocycles. The van der Waals surface area contributed by atoms with Crippen molar-refractivity contribution in [3.63, 3.8) is 0 Å². The van der Waals surface area contributed by atoms with Gasteiger partial charge in [0.15, 0.2) is 0 Å². The molecule has 2 heterocycles. The molecular formula is C16H13FN2O. The van der Waals surface area contributed by atoms with Crippen molar-refractivity contribution in [3.05, 3.63) is 71.0 Å². The number of carbonyl (C=O) groups excluding carboxylic acids is 1. The molecule has 0 unspecified atom stereocenters. The number of amides is 1. The second-order valence-electron chi connectivity index (χ2n) is 5.15. The maximum Gasteiger partial charge on any atom is 0.256 e. The monoisotopic (exact) mass is 268 g/mol. The van der Waals surface area contributed by atoms with Gasteiger partial charge in [-0.25, -0.2) is 4.39 Å². The maximum atomic E-state index is 13.2. The summed E-state index contributed by atoms with van der Waals surface area (Å²) in [5.74, 6) is -0.234. The Balaban J connectivity index is 1.99. The number of benzene rings is 2. The third-order valence-corrected chi connectivity index (χ3v) is 4.18. The summed E-state index contributed by atoms with van der Waals surface area (Å²) >= 11 is 0. The quantitative estimate of drug-likeness (QED) is 0.859. The van der Waals surface area contributed by atoms with Crippen LogP contribution in [0.4, 0.5) is 4.39 Å². The van der Waals surface area contributed by atoms with Crippen LogP contribution in [0.15, 0.2) is 48.5 Å². The molecule has 2 aromatic rings. The topological polar surface area (TPSA) is 32.3 Å². The molecule has 2 aliphatic rings. The number of fused-ring (bicyclic) bond motifs is 3. The molecule has 1 amide bonds. The number of nitrogens with zero attached hydrogens (tertiary/aromatic N) is 1. The molecule has 3 nitrogen and oxygen atoms in total. The number of nitrogens with one attached hydrogen (secondary N) is 1. The molecule has 0 aromatic heterocycles. The average molecular weight is 268 g/mol. The molecule has 0 aliphatic carbocycles. The minimum atomic E-state index is -0.638. The fourth-order valence-electron chi connectivity index (χ4n) is 3.34. The first kappa shape index (κ1) is 11.6.